The summed E-state index contributed by atoms with van der Waals surface area (Å²) in [5.74, 6) is 0. The van der Waals surface area contributed by atoms with Gasteiger partial charge in [-0.25, -0.2) is 0 Å². The molecule has 0 atom stereocenters. The van der Waals surface area contributed by atoms with Crippen LogP contribution in [0, 0.1) is 0 Å². The molecular formula is C9H13N3. The van der Waals surface area contributed by atoms with Gasteiger partial charge in [0.25, 0.3) is 0 Å². The lowest BCUT2D eigenvalue weighted by atomic mass is 10.2. The minimum absolute atomic E-state index is 0.668. The zero-order valence-corrected chi connectivity index (χ0v) is 6.90. The molecule has 1 rings (SSSR count). The van der Waals surface area contributed by atoms with Crippen molar-refractivity contribution in [3.8, 4) is 0 Å². The van der Waals surface area contributed by atoms with Crippen LogP contribution < -0.4 is 11.5 Å². The van der Waals surface area contributed by atoms with E-state index < -0.39 is 0 Å². The number of aromatic nitrogens is 1. The van der Waals surface area contributed by atoms with Crippen molar-refractivity contribution in [1.29, 1.82) is 0 Å². The average Bonchev–Trinajstić information content (AvgIpc) is 2.09. The number of anilines is 1. The van der Waals surface area contributed by atoms with E-state index in [1.54, 1.807) is 12.4 Å². The summed E-state index contributed by atoms with van der Waals surface area (Å²) in [6.07, 6.45) is 8.21. The fourth-order valence-corrected chi connectivity index (χ4v) is 0.876. The van der Waals surface area contributed by atoms with Crippen molar-refractivity contribution < 1.29 is 0 Å². The number of hydrogen-bond acceptors (Lipinski definition) is 3. The van der Waals surface area contributed by atoms with Crippen molar-refractivity contribution in [2.75, 3.05) is 12.3 Å². The molecule has 0 aromatic carbocycles. The SMILES string of the molecule is NCCC=Cc1ccncc1N. The molecule has 3 nitrogen and oxygen atoms in total. The Kier molecular flexibility index (Phi) is 3.29. The molecule has 0 fully saturated rings. The maximum Gasteiger partial charge on any atom is 0.0574 e. The number of hydrogen-bond donors (Lipinski definition) is 2. The van der Waals surface area contributed by atoms with Crippen LogP contribution >= 0.6 is 0 Å². The van der Waals surface area contributed by atoms with E-state index in [4.69, 9.17) is 11.5 Å². The molecule has 64 valence electrons. The maximum atomic E-state index is 5.66. The van der Waals surface area contributed by atoms with Crippen molar-refractivity contribution in [2.24, 2.45) is 5.73 Å². The fraction of sp³-hybridized carbons (Fsp3) is 0.222. The highest BCUT2D eigenvalue weighted by molar-refractivity contribution is 5.62. The molecule has 0 unspecified atom stereocenters. The second-order valence-corrected chi connectivity index (χ2v) is 2.48. The summed E-state index contributed by atoms with van der Waals surface area (Å²) < 4.78 is 0. The van der Waals surface area contributed by atoms with E-state index in [1.807, 2.05) is 18.2 Å². The summed E-state index contributed by atoms with van der Waals surface area (Å²) in [5.41, 5.74) is 12.7. The van der Waals surface area contributed by atoms with Crippen LogP contribution in [0.5, 0.6) is 0 Å². The first-order valence-electron chi connectivity index (χ1n) is 3.90. The predicted octanol–water partition coefficient (Wildman–Crippen LogP) is 1.03. The zero-order chi connectivity index (χ0) is 8.81. The number of nitrogens with zero attached hydrogens (tertiary/aromatic N) is 1. The van der Waals surface area contributed by atoms with Crippen molar-refractivity contribution in [3.05, 3.63) is 30.1 Å². The molecule has 3 heteroatoms. The van der Waals surface area contributed by atoms with Gasteiger partial charge >= 0.3 is 0 Å². The van der Waals surface area contributed by atoms with Crippen molar-refractivity contribution in [1.82, 2.24) is 4.98 Å². The lowest BCUT2D eigenvalue weighted by molar-refractivity contribution is 1.01. The first kappa shape index (κ1) is 8.74. The monoisotopic (exact) mass is 163 g/mol. The molecule has 0 spiro atoms. The van der Waals surface area contributed by atoms with Crippen LogP contribution in [0.2, 0.25) is 0 Å². The first-order valence-corrected chi connectivity index (χ1v) is 3.90. The minimum atomic E-state index is 0.668. The fourth-order valence-electron chi connectivity index (χ4n) is 0.876. The Morgan fingerprint density at radius 3 is 3.00 bits per heavy atom. The first-order chi connectivity index (χ1) is 5.84. The maximum absolute atomic E-state index is 5.66. The van der Waals surface area contributed by atoms with Crippen LogP contribution in [-0.4, -0.2) is 11.5 Å². The van der Waals surface area contributed by atoms with Gasteiger partial charge in [0.05, 0.1) is 11.9 Å². The van der Waals surface area contributed by atoms with Gasteiger partial charge in [-0.2, -0.15) is 0 Å². The van der Waals surface area contributed by atoms with Crippen molar-refractivity contribution in [2.45, 2.75) is 6.42 Å². The summed E-state index contributed by atoms with van der Waals surface area (Å²) >= 11 is 0. The van der Waals surface area contributed by atoms with E-state index in [9.17, 15) is 0 Å². The minimum Gasteiger partial charge on any atom is -0.397 e. The molecule has 1 aromatic rings. The van der Waals surface area contributed by atoms with Gasteiger partial charge in [-0.05, 0) is 19.0 Å². The molecule has 0 aliphatic carbocycles. The van der Waals surface area contributed by atoms with Crippen LogP contribution in [-0.2, 0) is 0 Å². The van der Waals surface area contributed by atoms with Crippen LogP contribution in [0.15, 0.2) is 24.5 Å². The molecule has 4 N–H and O–H groups in total. The molecule has 0 saturated heterocycles. The Hall–Kier alpha value is -1.35. The van der Waals surface area contributed by atoms with Gasteiger partial charge in [-0.3, -0.25) is 4.98 Å². The molecule has 0 radical (unpaired) electrons. The Morgan fingerprint density at radius 1 is 1.50 bits per heavy atom. The van der Waals surface area contributed by atoms with Gasteiger partial charge in [0, 0.05) is 11.8 Å². The van der Waals surface area contributed by atoms with E-state index in [2.05, 4.69) is 4.98 Å². The third-order valence-corrected chi connectivity index (χ3v) is 1.52. The van der Waals surface area contributed by atoms with Gasteiger partial charge in [0.1, 0.15) is 0 Å². The normalized spacial score (nSPS) is 10.8. The lowest BCUT2D eigenvalue weighted by Gasteiger charge is -1.96. The topological polar surface area (TPSA) is 64.9 Å². The molecule has 0 amide bonds. The molecule has 0 aliphatic rings. The van der Waals surface area contributed by atoms with E-state index >= 15 is 0 Å². The second-order valence-electron chi connectivity index (χ2n) is 2.48. The van der Waals surface area contributed by atoms with Crippen LogP contribution in [0.3, 0.4) is 0 Å². The van der Waals surface area contributed by atoms with Crippen LogP contribution in [0.25, 0.3) is 6.08 Å². The molecule has 0 aliphatic heterocycles. The van der Waals surface area contributed by atoms with E-state index in [1.165, 1.54) is 0 Å². The summed E-state index contributed by atoms with van der Waals surface area (Å²) in [5, 5.41) is 0. The Balaban J connectivity index is 2.68. The van der Waals surface area contributed by atoms with Crippen LogP contribution in [0.4, 0.5) is 5.69 Å². The zero-order valence-electron chi connectivity index (χ0n) is 6.90. The molecular weight excluding hydrogens is 150 g/mol. The standard InChI is InChI=1S/C9H13N3/c10-5-2-1-3-8-4-6-12-7-9(8)11/h1,3-4,6-7H,2,5,10-11H2. The second kappa shape index (κ2) is 4.51. The Morgan fingerprint density at radius 2 is 2.33 bits per heavy atom. The average molecular weight is 163 g/mol. The predicted molar refractivity (Wildman–Crippen MR) is 51.4 cm³/mol. The number of rotatable bonds is 3. The molecule has 0 bridgehead atoms. The molecule has 12 heavy (non-hydrogen) atoms. The number of nitrogens with two attached hydrogens (primary N) is 2. The third-order valence-electron chi connectivity index (χ3n) is 1.52. The summed E-state index contributed by atoms with van der Waals surface area (Å²) in [6, 6.07) is 1.88. The van der Waals surface area contributed by atoms with Gasteiger partial charge in [0.15, 0.2) is 0 Å². The Bertz CT molecular complexity index is 268. The summed E-state index contributed by atoms with van der Waals surface area (Å²) in [4.78, 5) is 3.89. The van der Waals surface area contributed by atoms with Gasteiger partial charge in [-0.1, -0.05) is 12.2 Å². The highest BCUT2D eigenvalue weighted by Crippen LogP contribution is 2.10. The number of pyridine rings is 1. The largest absolute Gasteiger partial charge is 0.397 e. The molecule has 0 saturated carbocycles. The van der Waals surface area contributed by atoms with E-state index in [0.29, 0.717) is 12.2 Å². The summed E-state index contributed by atoms with van der Waals surface area (Å²) in [7, 11) is 0. The smallest absolute Gasteiger partial charge is 0.0574 e. The third kappa shape index (κ3) is 2.36. The number of nitrogen functional groups attached to an aromatic ring is 1. The quantitative estimate of drug-likeness (QED) is 0.699. The molecule has 1 heterocycles. The van der Waals surface area contributed by atoms with E-state index in [0.717, 1.165) is 12.0 Å². The highest BCUT2D eigenvalue weighted by atomic mass is 14.7. The van der Waals surface area contributed by atoms with Gasteiger partial charge < -0.3 is 11.5 Å². The lowest BCUT2D eigenvalue weighted by Crippen LogP contribution is -1.95. The summed E-state index contributed by atoms with van der Waals surface area (Å²) in [6.45, 7) is 0.668. The van der Waals surface area contributed by atoms with Crippen molar-refractivity contribution in [3.63, 3.8) is 0 Å². The van der Waals surface area contributed by atoms with Gasteiger partial charge in [0.2, 0.25) is 0 Å². The molecule has 1 aromatic heterocycles. The van der Waals surface area contributed by atoms with Crippen molar-refractivity contribution >= 4 is 11.8 Å². The van der Waals surface area contributed by atoms with Gasteiger partial charge in [-0.15, -0.1) is 0 Å². The Labute approximate surface area is 72.1 Å². The highest BCUT2D eigenvalue weighted by Gasteiger charge is 1.90. The van der Waals surface area contributed by atoms with Crippen LogP contribution in [0.1, 0.15) is 12.0 Å². The van der Waals surface area contributed by atoms with E-state index in [-0.39, 0.29) is 0 Å².